The summed E-state index contributed by atoms with van der Waals surface area (Å²) in [5, 5.41) is 14.0. The van der Waals surface area contributed by atoms with Gasteiger partial charge in [0, 0.05) is 6.54 Å². The highest BCUT2D eigenvalue weighted by Crippen LogP contribution is 2.28. The summed E-state index contributed by atoms with van der Waals surface area (Å²) in [4.78, 5) is 18.6. The van der Waals surface area contributed by atoms with E-state index in [2.05, 4.69) is 29.1 Å². The third kappa shape index (κ3) is 4.35. The normalized spacial score (nSPS) is 10.6. The molecule has 7 heteroatoms. The average molecular weight is 268 g/mol. The van der Waals surface area contributed by atoms with Crippen molar-refractivity contribution in [3.05, 3.63) is 15.8 Å². The molecule has 1 N–H and O–H groups in total. The SMILES string of the molecule is CCNc1nc(C)c([N+](=O)[O-])c(OCCC(C)C)n1. The highest BCUT2D eigenvalue weighted by molar-refractivity contribution is 5.48. The Kier molecular flexibility index (Phi) is 5.47. The number of ether oxygens (including phenoxy) is 1. The number of nitrogens with one attached hydrogen (secondary N) is 1. The van der Waals surface area contributed by atoms with Crippen LogP contribution in [-0.2, 0) is 0 Å². The molecular formula is C12H20N4O3. The van der Waals surface area contributed by atoms with E-state index >= 15 is 0 Å². The van der Waals surface area contributed by atoms with Gasteiger partial charge in [-0.25, -0.2) is 4.98 Å². The van der Waals surface area contributed by atoms with Crippen LogP contribution in [0.3, 0.4) is 0 Å². The molecule has 0 aliphatic heterocycles. The Bertz CT molecular complexity index is 449. The maximum atomic E-state index is 11.0. The summed E-state index contributed by atoms with van der Waals surface area (Å²) in [6.07, 6.45) is 0.816. The molecule has 1 aromatic rings. The molecule has 0 spiro atoms. The minimum atomic E-state index is -0.504. The zero-order chi connectivity index (χ0) is 14.4. The Morgan fingerprint density at radius 1 is 1.42 bits per heavy atom. The van der Waals surface area contributed by atoms with E-state index < -0.39 is 4.92 Å². The van der Waals surface area contributed by atoms with Gasteiger partial charge in [0.15, 0.2) is 0 Å². The van der Waals surface area contributed by atoms with Gasteiger partial charge in [0.1, 0.15) is 5.69 Å². The van der Waals surface area contributed by atoms with Gasteiger partial charge in [0.2, 0.25) is 5.95 Å². The number of rotatable bonds is 7. The third-order valence-electron chi connectivity index (χ3n) is 2.48. The molecule has 0 aliphatic rings. The molecule has 0 aromatic carbocycles. The van der Waals surface area contributed by atoms with Crippen LogP contribution < -0.4 is 10.1 Å². The predicted molar refractivity (Wildman–Crippen MR) is 72.5 cm³/mol. The van der Waals surface area contributed by atoms with Crippen LogP contribution in [0.5, 0.6) is 5.88 Å². The second kappa shape index (κ2) is 6.86. The molecule has 0 saturated heterocycles. The fraction of sp³-hybridized carbons (Fsp3) is 0.667. The van der Waals surface area contributed by atoms with Crippen LogP contribution in [-0.4, -0.2) is 28.0 Å². The van der Waals surface area contributed by atoms with E-state index in [1.807, 2.05) is 6.92 Å². The van der Waals surface area contributed by atoms with Crippen LogP contribution in [0.25, 0.3) is 0 Å². The molecular weight excluding hydrogens is 248 g/mol. The van der Waals surface area contributed by atoms with Crippen molar-refractivity contribution in [2.45, 2.75) is 34.1 Å². The van der Waals surface area contributed by atoms with Gasteiger partial charge in [-0.2, -0.15) is 4.98 Å². The van der Waals surface area contributed by atoms with Gasteiger partial charge >= 0.3 is 5.69 Å². The van der Waals surface area contributed by atoms with Gasteiger partial charge in [-0.1, -0.05) is 13.8 Å². The second-order valence-electron chi connectivity index (χ2n) is 4.60. The standard InChI is InChI=1S/C12H20N4O3/c1-5-13-12-14-9(4)10(16(17)18)11(15-12)19-7-6-8(2)3/h8H,5-7H2,1-4H3,(H,13,14,15). The van der Waals surface area contributed by atoms with Crippen molar-refractivity contribution in [1.82, 2.24) is 9.97 Å². The predicted octanol–water partition coefficient (Wildman–Crippen LogP) is 2.55. The van der Waals surface area contributed by atoms with E-state index in [9.17, 15) is 10.1 Å². The number of hydrogen-bond acceptors (Lipinski definition) is 6. The minimum Gasteiger partial charge on any atom is -0.473 e. The van der Waals surface area contributed by atoms with Crippen LogP contribution in [0, 0.1) is 23.0 Å². The summed E-state index contributed by atoms with van der Waals surface area (Å²) in [6.45, 7) is 8.65. The summed E-state index contributed by atoms with van der Waals surface area (Å²) < 4.78 is 5.44. The lowest BCUT2D eigenvalue weighted by molar-refractivity contribution is -0.387. The summed E-state index contributed by atoms with van der Waals surface area (Å²) in [6, 6.07) is 0. The number of aryl methyl sites for hydroxylation is 1. The summed E-state index contributed by atoms with van der Waals surface area (Å²) >= 11 is 0. The molecule has 19 heavy (non-hydrogen) atoms. The first-order valence-electron chi connectivity index (χ1n) is 6.35. The van der Waals surface area contributed by atoms with Crippen molar-refractivity contribution >= 4 is 11.6 Å². The Morgan fingerprint density at radius 2 is 2.11 bits per heavy atom. The van der Waals surface area contributed by atoms with Gasteiger partial charge in [0.05, 0.1) is 11.5 Å². The average Bonchev–Trinajstić information content (AvgIpc) is 2.27. The number of aromatic nitrogens is 2. The smallest absolute Gasteiger partial charge is 0.352 e. The first-order chi connectivity index (χ1) is 8.95. The van der Waals surface area contributed by atoms with E-state index in [0.717, 1.165) is 6.42 Å². The van der Waals surface area contributed by atoms with Gasteiger partial charge < -0.3 is 10.1 Å². The number of anilines is 1. The first-order valence-corrected chi connectivity index (χ1v) is 6.35. The zero-order valence-corrected chi connectivity index (χ0v) is 11.8. The minimum absolute atomic E-state index is 0.0362. The molecule has 0 saturated carbocycles. The van der Waals surface area contributed by atoms with Crippen molar-refractivity contribution in [2.75, 3.05) is 18.5 Å². The highest BCUT2D eigenvalue weighted by atomic mass is 16.6. The monoisotopic (exact) mass is 268 g/mol. The molecule has 0 amide bonds. The Hall–Kier alpha value is -1.92. The topological polar surface area (TPSA) is 90.2 Å². The lowest BCUT2D eigenvalue weighted by Gasteiger charge is -2.10. The fourth-order valence-corrected chi connectivity index (χ4v) is 1.48. The number of hydrogen-bond donors (Lipinski definition) is 1. The summed E-state index contributed by atoms with van der Waals surface area (Å²) in [5.41, 5.74) is 0.140. The van der Waals surface area contributed by atoms with Crippen molar-refractivity contribution in [3.63, 3.8) is 0 Å². The van der Waals surface area contributed by atoms with Gasteiger partial charge in [0.25, 0.3) is 5.88 Å². The molecule has 0 aliphatic carbocycles. The maximum Gasteiger partial charge on any atom is 0.352 e. The van der Waals surface area contributed by atoms with E-state index in [1.165, 1.54) is 0 Å². The summed E-state index contributed by atoms with van der Waals surface area (Å²) in [7, 11) is 0. The van der Waals surface area contributed by atoms with Crippen LogP contribution in [0.15, 0.2) is 0 Å². The molecule has 1 aromatic heterocycles. The van der Waals surface area contributed by atoms with E-state index in [-0.39, 0.29) is 11.6 Å². The highest BCUT2D eigenvalue weighted by Gasteiger charge is 2.23. The second-order valence-corrected chi connectivity index (χ2v) is 4.60. The maximum absolute atomic E-state index is 11.0. The van der Waals surface area contributed by atoms with Crippen molar-refractivity contribution in [2.24, 2.45) is 5.92 Å². The van der Waals surface area contributed by atoms with Crippen LogP contribution in [0.1, 0.15) is 32.9 Å². The third-order valence-corrected chi connectivity index (χ3v) is 2.48. The van der Waals surface area contributed by atoms with E-state index in [0.29, 0.717) is 30.7 Å². The molecule has 7 nitrogen and oxygen atoms in total. The van der Waals surface area contributed by atoms with Crippen LogP contribution in [0.2, 0.25) is 0 Å². The molecule has 0 fully saturated rings. The van der Waals surface area contributed by atoms with Gasteiger partial charge in [-0.05, 0) is 26.2 Å². The molecule has 1 rings (SSSR count). The first kappa shape index (κ1) is 15.1. The largest absolute Gasteiger partial charge is 0.473 e. The van der Waals surface area contributed by atoms with E-state index in [4.69, 9.17) is 4.74 Å². The molecule has 0 atom stereocenters. The number of nitro groups is 1. The molecule has 0 bridgehead atoms. The molecule has 0 unspecified atom stereocenters. The molecule has 0 radical (unpaired) electrons. The van der Waals surface area contributed by atoms with Crippen molar-refractivity contribution in [1.29, 1.82) is 0 Å². The fourth-order valence-electron chi connectivity index (χ4n) is 1.48. The van der Waals surface area contributed by atoms with E-state index in [1.54, 1.807) is 6.92 Å². The van der Waals surface area contributed by atoms with Gasteiger partial charge in [-0.3, -0.25) is 10.1 Å². The number of nitrogens with zero attached hydrogens (tertiary/aromatic N) is 3. The lowest BCUT2D eigenvalue weighted by Crippen LogP contribution is -2.10. The lowest BCUT2D eigenvalue weighted by atomic mass is 10.1. The van der Waals surface area contributed by atoms with Crippen LogP contribution in [0.4, 0.5) is 11.6 Å². The molecule has 1 heterocycles. The summed E-state index contributed by atoms with van der Waals surface area (Å²) in [5.74, 6) is 0.856. The van der Waals surface area contributed by atoms with Crippen LogP contribution >= 0.6 is 0 Å². The Labute approximate surface area is 112 Å². The van der Waals surface area contributed by atoms with Crippen molar-refractivity contribution in [3.8, 4) is 5.88 Å². The molecule has 106 valence electrons. The zero-order valence-electron chi connectivity index (χ0n) is 11.8. The Balaban J connectivity index is 2.99. The van der Waals surface area contributed by atoms with Crippen molar-refractivity contribution < 1.29 is 9.66 Å². The Morgan fingerprint density at radius 3 is 2.63 bits per heavy atom. The van der Waals surface area contributed by atoms with Gasteiger partial charge in [-0.15, -0.1) is 0 Å². The quantitative estimate of drug-likeness (QED) is 0.603.